The largest absolute Gasteiger partial charge is 0.350 e. The lowest BCUT2D eigenvalue weighted by molar-refractivity contribution is -0.142. The second-order valence-corrected chi connectivity index (χ2v) is 13.0. The molecule has 2 aromatic carbocycles. The summed E-state index contributed by atoms with van der Waals surface area (Å²) in [6.07, 6.45) is 1.67. The summed E-state index contributed by atoms with van der Waals surface area (Å²) in [7, 11) is -3.70. The van der Waals surface area contributed by atoms with E-state index < -0.39 is 21.6 Å². The normalized spacial score (nSPS) is 12.6. The van der Waals surface area contributed by atoms with E-state index in [1.807, 2.05) is 39.8 Å². The lowest BCUT2D eigenvalue weighted by Crippen LogP contribution is -2.53. The summed E-state index contributed by atoms with van der Waals surface area (Å²) < 4.78 is 26.2. The maximum absolute atomic E-state index is 13.5. The SMILES string of the molecule is CCC(C(=O)NC(C)(C)C)N(Cc1ccccc1Cl)C(=O)CCCN(c1cc(Cl)ccc1Cl)S(C)(=O)=O. The van der Waals surface area contributed by atoms with Crippen molar-refractivity contribution in [3.05, 3.63) is 63.1 Å². The molecule has 0 fully saturated rings. The minimum absolute atomic E-state index is 0.00789. The Kier molecular flexibility index (Phi) is 11.1. The molecule has 2 aromatic rings. The van der Waals surface area contributed by atoms with Crippen LogP contribution < -0.4 is 9.62 Å². The molecule has 1 N–H and O–H groups in total. The van der Waals surface area contributed by atoms with Crippen molar-refractivity contribution in [3.63, 3.8) is 0 Å². The van der Waals surface area contributed by atoms with E-state index in [1.165, 1.54) is 17.0 Å². The molecule has 0 aliphatic rings. The van der Waals surface area contributed by atoms with Gasteiger partial charge in [-0.25, -0.2) is 8.42 Å². The van der Waals surface area contributed by atoms with Gasteiger partial charge in [-0.3, -0.25) is 13.9 Å². The number of halogens is 3. The van der Waals surface area contributed by atoms with Crippen molar-refractivity contribution in [1.29, 1.82) is 0 Å². The summed E-state index contributed by atoms with van der Waals surface area (Å²) in [5.74, 6) is -0.555. The Morgan fingerprint density at radius 1 is 1.03 bits per heavy atom. The van der Waals surface area contributed by atoms with Gasteiger partial charge in [-0.2, -0.15) is 0 Å². The van der Waals surface area contributed by atoms with E-state index in [9.17, 15) is 18.0 Å². The molecule has 7 nitrogen and oxygen atoms in total. The zero-order valence-electron chi connectivity index (χ0n) is 21.7. The van der Waals surface area contributed by atoms with Crippen LogP contribution in [-0.4, -0.2) is 49.5 Å². The monoisotopic (exact) mass is 589 g/mol. The highest BCUT2D eigenvalue weighted by Crippen LogP contribution is 2.31. The molecule has 0 heterocycles. The number of carbonyl (C=O) groups excluding carboxylic acids is 2. The van der Waals surface area contributed by atoms with Crippen LogP contribution in [0.3, 0.4) is 0 Å². The third kappa shape index (κ3) is 9.36. The Morgan fingerprint density at radius 3 is 2.24 bits per heavy atom. The van der Waals surface area contributed by atoms with E-state index in [-0.39, 0.29) is 48.5 Å². The number of hydrogen-bond donors (Lipinski definition) is 1. The fraction of sp³-hybridized carbons (Fsp3) is 0.462. The molecule has 11 heteroatoms. The third-order valence-electron chi connectivity index (χ3n) is 5.51. The smallest absolute Gasteiger partial charge is 0.243 e. The van der Waals surface area contributed by atoms with E-state index in [2.05, 4.69) is 5.32 Å². The van der Waals surface area contributed by atoms with E-state index in [0.717, 1.165) is 10.6 Å². The molecule has 0 spiro atoms. The Hall–Kier alpha value is -2.00. The zero-order chi connectivity index (χ0) is 28.0. The van der Waals surface area contributed by atoms with Gasteiger partial charge in [0.05, 0.1) is 17.0 Å². The maximum Gasteiger partial charge on any atom is 0.243 e. The second kappa shape index (κ2) is 13.2. The van der Waals surface area contributed by atoms with Gasteiger partial charge in [0.25, 0.3) is 0 Å². The van der Waals surface area contributed by atoms with Gasteiger partial charge in [-0.05, 0) is 63.4 Å². The topological polar surface area (TPSA) is 86.8 Å². The standard InChI is InChI=1S/C26H34Cl3N3O4S/c1-6-22(25(34)30-26(2,3)4)31(17-18-10-7-8-11-20(18)28)24(33)12-9-15-32(37(5,35)36)23-16-19(27)13-14-21(23)29/h7-8,10-11,13-14,16,22H,6,9,12,15,17H2,1-5H3,(H,30,34). The van der Waals surface area contributed by atoms with Crippen molar-refractivity contribution in [2.24, 2.45) is 0 Å². The molecule has 37 heavy (non-hydrogen) atoms. The van der Waals surface area contributed by atoms with E-state index >= 15 is 0 Å². The van der Waals surface area contributed by atoms with Gasteiger partial charge < -0.3 is 10.2 Å². The van der Waals surface area contributed by atoms with Crippen LogP contribution in [0, 0.1) is 0 Å². The molecule has 0 radical (unpaired) electrons. The molecule has 0 aliphatic heterocycles. The first-order valence-corrected chi connectivity index (χ1v) is 14.9. The first-order valence-electron chi connectivity index (χ1n) is 11.9. The predicted octanol–water partition coefficient (Wildman–Crippen LogP) is 5.92. The lowest BCUT2D eigenvalue weighted by atomic mass is 10.0. The molecule has 0 saturated heterocycles. The Labute approximate surface area is 235 Å². The van der Waals surface area contributed by atoms with Gasteiger partial charge in [0, 0.05) is 35.1 Å². The molecule has 1 atom stereocenters. The third-order valence-corrected chi connectivity index (χ3v) is 7.62. The Morgan fingerprint density at radius 2 is 1.68 bits per heavy atom. The highest BCUT2D eigenvalue weighted by molar-refractivity contribution is 7.92. The number of benzene rings is 2. The summed E-state index contributed by atoms with van der Waals surface area (Å²) in [5.41, 5.74) is 0.478. The zero-order valence-corrected chi connectivity index (χ0v) is 24.8. The number of nitrogens with zero attached hydrogens (tertiary/aromatic N) is 2. The minimum atomic E-state index is -3.70. The van der Waals surface area contributed by atoms with Crippen LogP contribution >= 0.6 is 34.8 Å². The molecule has 0 bridgehead atoms. The molecule has 0 saturated carbocycles. The van der Waals surface area contributed by atoms with Gasteiger partial charge >= 0.3 is 0 Å². The summed E-state index contributed by atoms with van der Waals surface area (Å²) in [4.78, 5) is 28.1. The number of anilines is 1. The van der Waals surface area contributed by atoms with Gasteiger partial charge in [0.1, 0.15) is 6.04 Å². The number of rotatable bonds is 11. The quantitative estimate of drug-likeness (QED) is 0.352. The van der Waals surface area contributed by atoms with Crippen LogP contribution in [0.1, 0.15) is 52.5 Å². The molecule has 2 rings (SSSR count). The van der Waals surface area contributed by atoms with Gasteiger partial charge in [0.2, 0.25) is 21.8 Å². The maximum atomic E-state index is 13.5. The van der Waals surface area contributed by atoms with Crippen molar-refractivity contribution < 1.29 is 18.0 Å². The van der Waals surface area contributed by atoms with Crippen LogP contribution in [0.5, 0.6) is 0 Å². The fourth-order valence-electron chi connectivity index (χ4n) is 3.84. The average molecular weight is 591 g/mol. The van der Waals surface area contributed by atoms with Crippen molar-refractivity contribution in [3.8, 4) is 0 Å². The first-order chi connectivity index (χ1) is 17.1. The van der Waals surface area contributed by atoms with E-state index in [0.29, 0.717) is 22.0 Å². The highest BCUT2D eigenvalue weighted by atomic mass is 35.5. The molecular formula is C26H34Cl3N3O4S. The predicted molar refractivity (Wildman–Crippen MR) is 152 cm³/mol. The molecule has 204 valence electrons. The van der Waals surface area contributed by atoms with E-state index in [1.54, 1.807) is 18.2 Å². The molecule has 0 aromatic heterocycles. The molecule has 0 aliphatic carbocycles. The molecular weight excluding hydrogens is 557 g/mol. The van der Waals surface area contributed by atoms with Crippen LogP contribution in [0.2, 0.25) is 15.1 Å². The van der Waals surface area contributed by atoms with Crippen LogP contribution in [-0.2, 0) is 26.2 Å². The minimum Gasteiger partial charge on any atom is -0.350 e. The highest BCUT2D eigenvalue weighted by Gasteiger charge is 2.31. The van der Waals surface area contributed by atoms with Gasteiger partial charge in [0.15, 0.2) is 0 Å². The first kappa shape index (κ1) is 31.2. The van der Waals surface area contributed by atoms with Crippen LogP contribution in [0.25, 0.3) is 0 Å². The second-order valence-electron chi connectivity index (χ2n) is 9.81. The summed E-state index contributed by atoms with van der Waals surface area (Å²) >= 11 is 18.7. The Balaban J connectivity index is 2.29. The van der Waals surface area contributed by atoms with Gasteiger partial charge in [-0.15, -0.1) is 0 Å². The average Bonchev–Trinajstić information content (AvgIpc) is 2.77. The fourth-order valence-corrected chi connectivity index (χ4v) is 5.44. The lowest BCUT2D eigenvalue weighted by Gasteiger charge is -2.33. The number of sulfonamides is 1. The summed E-state index contributed by atoms with van der Waals surface area (Å²) in [5, 5.41) is 4.01. The summed E-state index contributed by atoms with van der Waals surface area (Å²) in [6, 6.07) is 11.0. The van der Waals surface area contributed by atoms with Crippen LogP contribution in [0.4, 0.5) is 5.69 Å². The van der Waals surface area contributed by atoms with Crippen LogP contribution in [0.15, 0.2) is 42.5 Å². The van der Waals surface area contributed by atoms with E-state index in [4.69, 9.17) is 34.8 Å². The van der Waals surface area contributed by atoms with Crippen molar-refractivity contribution in [1.82, 2.24) is 10.2 Å². The van der Waals surface area contributed by atoms with Crippen molar-refractivity contribution in [2.45, 2.75) is 65.1 Å². The van der Waals surface area contributed by atoms with Crippen molar-refractivity contribution >= 4 is 62.3 Å². The van der Waals surface area contributed by atoms with Gasteiger partial charge in [-0.1, -0.05) is 59.9 Å². The number of carbonyl (C=O) groups is 2. The molecule has 2 amide bonds. The Bertz CT molecular complexity index is 1220. The van der Waals surface area contributed by atoms with Crippen molar-refractivity contribution in [2.75, 3.05) is 17.1 Å². The number of amides is 2. The summed E-state index contributed by atoms with van der Waals surface area (Å²) in [6.45, 7) is 7.61. The number of nitrogens with one attached hydrogen (secondary N) is 1. The number of hydrogen-bond acceptors (Lipinski definition) is 4. The molecule has 1 unspecified atom stereocenters.